The molecule has 0 aliphatic carbocycles. The van der Waals surface area contributed by atoms with E-state index in [1.807, 2.05) is 12.1 Å². The standard InChI is InChI=1S/C14H15NO/c1-10-6-7-12(11(2)9-10)14-13(16-3)5-4-8-15-14/h4-9H,1-3H3. The maximum atomic E-state index is 5.32. The average Bonchev–Trinajstić information content (AvgIpc) is 2.29. The maximum absolute atomic E-state index is 5.32. The van der Waals surface area contributed by atoms with Crippen molar-refractivity contribution >= 4 is 0 Å². The van der Waals surface area contributed by atoms with Gasteiger partial charge in [0.05, 0.1) is 7.11 Å². The Balaban J connectivity index is 2.58. The minimum atomic E-state index is 0.814. The topological polar surface area (TPSA) is 22.1 Å². The van der Waals surface area contributed by atoms with Crippen molar-refractivity contribution in [2.75, 3.05) is 7.11 Å². The SMILES string of the molecule is COc1cccnc1-c1ccc(C)cc1C. The van der Waals surface area contributed by atoms with Crippen molar-refractivity contribution in [2.45, 2.75) is 13.8 Å². The van der Waals surface area contributed by atoms with Crippen molar-refractivity contribution in [2.24, 2.45) is 0 Å². The molecule has 2 nitrogen and oxygen atoms in total. The molecule has 0 aliphatic heterocycles. The van der Waals surface area contributed by atoms with Crippen LogP contribution in [0.4, 0.5) is 0 Å². The normalized spacial score (nSPS) is 10.2. The number of nitrogens with zero attached hydrogens (tertiary/aromatic N) is 1. The molecule has 0 atom stereocenters. The first-order valence-electron chi connectivity index (χ1n) is 5.29. The second-order valence-electron chi connectivity index (χ2n) is 3.87. The monoisotopic (exact) mass is 213 g/mol. The molecule has 16 heavy (non-hydrogen) atoms. The molecule has 0 fully saturated rings. The van der Waals surface area contributed by atoms with Crippen LogP contribution in [0.2, 0.25) is 0 Å². The molecule has 0 spiro atoms. The summed E-state index contributed by atoms with van der Waals surface area (Å²) in [6.45, 7) is 4.18. The van der Waals surface area contributed by atoms with E-state index in [1.165, 1.54) is 11.1 Å². The largest absolute Gasteiger partial charge is 0.494 e. The summed E-state index contributed by atoms with van der Waals surface area (Å²) < 4.78 is 5.32. The lowest BCUT2D eigenvalue weighted by atomic mass is 10.0. The molecule has 1 aromatic heterocycles. The van der Waals surface area contributed by atoms with Gasteiger partial charge in [-0.1, -0.05) is 23.8 Å². The number of hydrogen-bond acceptors (Lipinski definition) is 2. The second-order valence-corrected chi connectivity index (χ2v) is 3.87. The number of pyridine rings is 1. The van der Waals surface area contributed by atoms with E-state index in [2.05, 4.69) is 37.0 Å². The van der Waals surface area contributed by atoms with Crippen LogP contribution in [-0.2, 0) is 0 Å². The third kappa shape index (κ3) is 1.91. The molecular formula is C14H15NO. The molecule has 0 saturated carbocycles. The highest BCUT2D eigenvalue weighted by molar-refractivity contribution is 5.69. The number of hydrogen-bond donors (Lipinski definition) is 0. The van der Waals surface area contributed by atoms with Crippen molar-refractivity contribution in [1.29, 1.82) is 0 Å². The number of aromatic nitrogens is 1. The van der Waals surface area contributed by atoms with Crippen LogP contribution in [-0.4, -0.2) is 12.1 Å². The quantitative estimate of drug-likeness (QED) is 0.763. The van der Waals surface area contributed by atoms with Gasteiger partial charge in [-0.25, -0.2) is 0 Å². The first-order chi connectivity index (χ1) is 7.72. The van der Waals surface area contributed by atoms with Crippen LogP contribution in [0.25, 0.3) is 11.3 Å². The lowest BCUT2D eigenvalue weighted by Gasteiger charge is -2.10. The van der Waals surface area contributed by atoms with Gasteiger partial charge < -0.3 is 4.74 Å². The molecule has 0 N–H and O–H groups in total. The number of rotatable bonds is 2. The number of benzene rings is 1. The fraction of sp³-hybridized carbons (Fsp3) is 0.214. The highest BCUT2D eigenvalue weighted by Crippen LogP contribution is 2.29. The average molecular weight is 213 g/mol. The van der Waals surface area contributed by atoms with Gasteiger partial charge in [-0.3, -0.25) is 4.98 Å². The Labute approximate surface area is 95.9 Å². The molecule has 0 unspecified atom stereocenters. The van der Waals surface area contributed by atoms with Crippen molar-refractivity contribution in [3.8, 4) is 17.0 Å². The Bertz CT molecular complexity index is 506. The summed E-state index contributed by atoms with van der Waals surface area (Å²) in [6, 6.07) is 10.2. The van der Waals surface area contributed by atoms with E-state index < -0.39 is 0 Å². The third-order valence-corrected chi connectivity index (χ3v) is 2.63. The van der Waals surface area contributed by atoms with E-state index in [0.717, 1.165) is 17.0 Å². The van der Waals surface area contributed by atoms with Gasteiger partial charge in [0, 0.05) is 11.8 Å². The third-order valence-electron chi connectivity index (χ3n) is 2.63. The fourth-order valence-electron chi connectivity index (χ4n) is 1.84. The van der Waals surface area contributed by atoms with E-state index >= 15 is 0 Å². The van der Waals surface area contributed by atoms with Crippen LogP contribution in [0, 0.1) is 13.8 Å². The molecule has 0 bridgehead atoms. The fourth-order valence-corrected chi connectivity index (χ4v) is 1.84. The molecule has 0 aliphatic rings. The van der Waals surface area contributed by atoms with E-state index in [9.17, 15) is 0 Å². The first kappa shape index (κ1) is 10.7. The van der Waals surface area contributed by atoms with Crippen LogP contribution >= 0.6 is 0 Å². The van der Waals surface area contributed by atoms with E-state index in [0.29, 0.717) is 0 Å². The minimum Gasteiger partial charge on any atom is -0.494 e. The van der Waals surface area contributed by atoms with Crippen LogP contribution in [0.3, 0.4) is 0 Å². The second kappa shape index (κ2) is 4.35. The predicted molar refractivity (Wildman–Crippen MR) is 65.7 cm³/mol. The lowest BCUT2D eigenvalue weighted by Crippen LogP contribution is -1.92. The van der Waals surface area contributed by atoms with Gasteiger partial charge in [0.1, 0.15) is 11.4 Å². The molecular weight excluding hydrogens is 198 g/mol. The zero-order chi connectivity index (χ0) is 11.5. The van der Waals surface area contributed by atoms with E-state index in [1.54, 1.807) is 13.3 Å². The summed E-state index contributed by atoms with van der Waals surface area (Å²) in [5.74, 6) is 0.814. The van der Waals surface area contributed by atoms with Crippen LogP contribution < -0.4 is 4.74 Å². The highest BCUT2D eigenvalue weighted by Gasteiger charge is 2.08. The Hall–Kier alpha value is -1.83. The number of methoxy groups -OCH3 is 1. The molecule has 0 amide bonds. The Morgan fingerprint density at radius 1 is 1.12 bits per heavy atom. The van der Waals surface area contributed by atoms with Gasteiger partial charge in [-0.05, 0) is 31.5 Å². The minimum absolute atomic E-state index is 0.814. The van der Waals surface area contributed by atoms with Gasteiger partial charge in [0.25, 0.3) is 0 Å². The molecule has 1 heterocycles. The molecule has 2 rings (SSSR count). The predicted octanol–water partition coefficient (Wildman–Crippen LogP) is 3.37. The van der Waals surface area contributed by atoms with Crippen molar-refractivity contribution in [1.82, 2.24) is 4.98 Å². The zero-order valence-electron chi connectivity index (χ0n) is 9.82. The zero-order valence-corrected chi connectivity index (χ0v) is 9.82. The van der Waals surface area contributed by atoms with Gasteiger partial charge in [0.15, 0.2) is 0 Å². The summed E-state index contributed by atoms with van der Waals surface area (Å²) in [4.78, 5) is 4.39. The Morgan fingerprint density at radius 2 is 1.94 bits per heavy atom. The molecule has 1 aromatic carbocycles. The van der Waals surface area contributed by atoms with Crippen molar-refractivity contribution < 1.29 is 4.74 Å². The van der Waals surface area contributed by atoms with Gasteiger partial charge in [0.2, 0.25) is 0 Å². The lowest BCUT2D eigenvalue weighted by molar-refractivity contribution is 0.415. The van der Waals surface area contributed by atoms with E-state index in [-0.39, 0.29) is 0 Å². The summed E-state index contributed by atoms with van der Waals surface area (Å²) in [7, 11) is 1.67. The number of aryl methyl sites for hydroxylation is 2. The summed E-state index contributed by atoms with van der Waals surface area (Å²) >= 11 is 0. The first-order valence-corrected chi connectivity index (χ1v) is 5.29. The van der Waals surface area contributed by atoms with Gasteiger partial charge in [-0.15, -0.1) is 0 Å². The van der Waals surface area contributed by atoms with Crippen LogP contribution in [0.5, 0.6) is 5.75 Å². The maximum Gasteiger partial charge on any atom is 0.145 e. The van der Waals surface area contributed by atoms with Crippen molar-refractivity contribution in [3.63, 3.8) is 0 Å². The molecule has 82 valence electrons. The highest BCUT2D eigenvalue weighted by atomic mass is 16.5. The van der Waals surface area contributed by atoms with Crippen molar-refractivity contribution in [3.05, 3.63) is 47.7 Å². The van der Waals surface area contributed by atoms with Crippen LogP contribution in [0.15, 0.2) is 36.5 Å². The van der Waals surface area contributed by atoms with Gasteiger partial charge in [-0.2, -0.15) is 0 Å². The summed E-state index contributed by atoms with van der Waals surface area (Å²) in [6.07, 6.45) is 1.79. The van der Waals surface area contributed by atoms with E-state index in [4.69, 9.17) is 4.74 Å². The molecule has 2 aromatic rings. The Morgan fingerprint density at radius 3 is 2.62 bits per heavy atom. The smallest absolute Gasteiger partial charge is 0.145 e. The molecule has 0 saturated heterocycles. The van der Waals surface area contributed by atoms with Gasteiger partial charge >= 0.3 is 0 Å². The molecule has 2 heteroatoms. The molecule has 0 radical (unpaired) electrons. The number of ether oxygens (including phenoxy) is 1. The summed E-state index contributed by atoms with van der Waals surface area (Å²) in [5, 5.41) is 0. The summed E-state index contributed by atoms with van der Waals surface area (Å²) in [5.41, 5.74) is 4.51. The Kier molecular flexibility index (Phi) is 2.91. The van der Waals surface area contributed by atoms with Crippen LogP contribution in [0.1, 0.15) is 11.1 Å².